The molecule has 0 atom stereocenters. The predicted molar refractivity (Wildman–Crippen MR) is 119 cm³/mol. The molecule has 0 spiro atoms. The average Bonchev–Trinajstić information content (AvgIpc) is 2.73. The standard InChI is InChI=1S/C23H27N5O/c1-5-28(6-2)20-11-9-18(10-12-20)25-22(29)21-13-14-24-23(27-21)26-19-8-7-16(3)17(4)15-19/h7-15H,5-6H2,1-4H3,(H,25,29)(H,24,26,27). The number of hydrogen-bond donors (Lipinski definition) is 2. The average molecular weight is 390 g/mol. The van der Waals surface area contributed by atoms with Crippen LogP contribution in [-0.2, 0) is 0 Å². The van der Waals surface area contributed by atoms with E-state index >= 15 is 0 Å². The lowest BCUT2D eigenvalue weighted by atomic mass is 10.1. The monoisotopic (exact) mass is 389 g/mol. The Kier molecular flexibility index (Phi) is 6.44. The van der Waals surface area contributed by atoms with Crippen LogP contribution in [0.2, 0.25) is 0 Å². The summed E-state index contributed by atoms with van der Waals surface area (Å²) in [5.41, 5.74) is 5.45. The zero-order chi connectivity index (χ0) is 20.8. The Labute approximate surface area is 172 Å². The van der Waals surface area contributed by atoms with E-state index in [2.05, 4.69) is 53.2 Å². The molecule has 0 aliphatic carbocycles. The van der Waals surface area contributed by atoms with Crippen LogP contribution in [0, 0.1) is 13.8 Å². The second-order valence-corrected chi connectivity index (χ2v) is 6.86. The van der Waals surface area contributed by atoms with E-state index in [1.165, 1.54) is 11.1 Å². The first-order chi connectivity index (χ1) is 14.0. The molecule has 6 nitrogen and oxygen atoms in total. The van der Waals surface area contributed by atoms with Crippen LogP contribution in [0.5, 0.6) is 0 Å². The van der Waals surface area contributed by atoms with Crippen molar-refractivity contribution in [2.24, 2.45) is 0 Å². The summed E-state index contributed by atoms with van der Waals surface area (Å²) in [5.74, 6) is 0.115. The van der Waals surface area contributed by atoms with Gasteiger partial charge in [0, 0.05) is 36.3 Å². The summed E-state index contributed by atoms with van der Waals surface area (Å²) in [6, 6.07) is 15.5. The van der Waals surface area contributed by atoms with Crippen molar-refractivity contribution in [3.05, 3.63) is 71.5 Å². The summed E-state index contributed by atoms with van der Waals surface area (Å²) in [5, 5.41) is 6.05. The molecule has 6 heteroatoms. The van der Waals surface area contributed by atoms with E-state index in [-0.39, 0.29) is 5.91 Å². The quantitative estimate of drug-likeness (QED) is 0.599. The van der Waals surface area contributed by atoms with E-state index in [1.54, 1.807) is 12.3 Å². The molecule has 1 amide bonds. The number of benzene rings is 2. The van der Waals surface area contributed by atoms with Crippen LogP contribution < -0.4 is 15.5 Å². The van der Waals surface area contributed by atoms with Crippen molar-refractivity contribution in [3.63, 3.8) is 0 Å². The Hall–Kier alpha value is -3.41. The summed E-state index contributed by atoms with van der Waals surface area (Å²) in [6.45, 7) is 10.3. The van der Waals surface area contributed by atoms with Gasteiger partial charge in [-0.2, -0.15) is 0 Å². The summed E-state index contributed by atoms with van der Waals surface area (Å²) in [7, 11) is 0. The van der Waals surface area contributed by atoms with Gasteiger partial charge in [0.05, 0.1) is 0 Å². The van der Waals surface area contributed by atoms with Crippen LogP contribution in [-0.4, -0.2) is 29.0 Å². The predicted octanol–water partition coefficient (Wildman–Crippen LogP) is 4.94. The molecule has 0 aliphatic rings. The lowest BCUT2D eigenvalue weighted by Gasteiger charge is -2.21. The second kappa shape index (κ2) is 9.19. The van der Waals surface area contributed by atoms with E-state index in [0.29, 0.717) is 11.6 Å². The maximum absolute atomic E-state index is 12.6. The van der Waals surface area contributed by atoms with Gasteiger partial charge in [-0.3, -0.25) is 4.79 Å². The topological polar surface area (TPSA) is 70.2 Å². The molecule has 1 heterocycles. The first-order valence-electron chi connectivity index (χ1n) is 9.83. The van der Waals surface area contributed by atoms with Crippen molar-refractivity contribution >= 4 is 28.9 Å². The third kappa shape index (κ3) is 5.10. The van der Waals surface area contributed by atoms with E-state index < -0.39 is 0 Å². The molecule has 29 heavy (non-hydrogen) atoms. The molecular formula is C23H27N5O. The van der Waals surface area contributed by atoms with Gasteiger partial charge in [-0.1, -0.05) is 6.07 Å². The number of rotatable bonds is 7. The molecular weight excluding hydrogens is 362 g/mol. The Bertz CT molecular complexity index is 981. The Morgan fingerprint density at radius 1 is 0.931 bits per heavy atom. The number of aryl methyl sites for hydroxylation is 2. The highest BCUT2D eigenvalue weighted by Crippen LogP contribution is 2.19. The van der Waals surface area contributed by atoms with Crippen molar-refractivity contribution < 1.29 is 4.79 Å². The molecule has 3 aromatic rings. The highest BCUT2D eigenvalue weighted by Gasteiger charge is 2.10. The van der Waals surface area contributed by atoms with Crippen molar-refractivity contribution in [3.8, 4) is 0 Å². The van der Waals surface area contributed by atoms with Crippen LogP contribution in [0.15, 0.2) is 54.7 Å². The highest BCUT2D eigenvalue weighted by atomic mass is 16.1. The lowest BCUT2D eigenvalue weighted by molar-refractivity contribution is 0.102. The van der Waals surface area contributed by atoms with Gasteiger partial charge in [-0.25, -0.2) is 9.97 Å². The third-order valence-corrected chi connectivity index (χ3v) is 4.91. The Balaban J connectivity index is 1.69. The third-order valence-electron chi connectivity index (χ3n) is 4.91. The fourth-order valence-corrected chi connectivity index (χ4v) is 3.03. The number of nitrogens with one attached hydrogen (secondary N) is 2. The lowest BCUT2D eigenvalue weighted by Crippen LogP contribution is -2.21. The van der Waals surface area contributed by atoms with Gasteiger partial charge >= 0.3 is 0 Å². The van der Waals surface area contributed by atoms with Crippen molar-refractivity contribution in [1.29, 1.82) is 0 Å². The van der Waals surface area contributed by atoms with Gasteiger partial charge < -0.3 is 15.5 Å². The molecule has 0 bridgehead atoms. The minimum Gasteiger partial charge on any atom is -0.372 e. The number of hydrogen-bond acceptors (Lipinski definition) is 5. The highest BCUT2D eigenvalue weighted by molar-refractivity contribution is 6.03. The Morgan fingerprint density at radius 2 is 1.62 bits per heavy atom. The van der Waals surface area contributed by atoms with E-state index in [9.17, 15) is 4.79 Å². The molecule has 2 aromatic carbocycles. The van der Waals surface area contributed by atoms with Crippen molar-refractivity contribution in [1.82, 2.24) is 9.97 Å². The second-order valence-electron chi connectivity index (χ2n) is 6.86. The number of carbonyl (C=O) groups excluding carboxylic acids is 1. The molecule has 0 saturated heterocycles. The van der Waals surface area contributed by atoms with Gasteiger partial charge in [0.2, 0.25) is 5.95 Å². The maximum Gasteiger partial charge on any atom is 0.274 e. The first kappa shape index (κ1) is 20.3. The van der Waals surface area contributed by atoms with Crippen LogP contribution in [0.3, 0.4) is 0 Å². The molecule has 0 aliphatic heterocycles. The zero-order valence-corrected chi connectivity index (χ0v) is 17.4. The fourth-order valence-electron chi connectivity index (χ4n) is 3.03. The van der Waals surface area contributed by atoms with Gasteiger partial charge in [-0.05, 0) is 81.3 Å². The molecule has 2 N–H and O–H groups in total. The minimum absolute atomic E-state index is 0.272. The largest absolute Gasteiger partial charge is 0.372 e. The number of anilines is 4. The molecule has 0 fully saturated rings. The van der Waals surface area contributed by atoms with Crippen molar-refractivity contribution in [2.75, 3.05) is 28.6 Å². The molecule has 3 rings (SSSR count). The normalized spacial score (nSPS) is 10.5. The van der Waals surface area contributed by atoms with Crippen LogP contribution >= 0.6 is 0 Å². The van der Waals surface area contributed by atoms with Gasteiger partial charge in [0.1, 0.15) is 5.69 Å². The van der Waals surface area contributed by atoms with Gasteiger partial charge in [-0.15, -0.1) is 0 Å². The number of amides is 1. The van der Waals surface area contributed by atoms with Gasteiger partial charge in [0.25, 0.3) is 5.91 Å². The molecule has 0 saturated carbocycles. The molecule has 0 unspecified atom stereocenters. The molecule has 1 aromatic heterocycles. The minimum atomic E-state index is -0.272. The smallest absolute Gasteiger partial charge is 0.274 e. The fraction of sp³-hybridized carbons (Fsp3) is 0.261. The first-order valence-corrected chi connectivity index (χ1v) is 9.83. The van der Waals surface area contributed by atoms with E-state index in [4.69, 9.17) is 0 Å². The van der Waals surface area contributed by atoms with Crippen LogP contribution in [0.1, 0.15) is 35.5 Å². The summed E-state index contributed by atoms with van der Waals surface area (Å²) in [4.78, 5) is 23.4. The summed E-state index contributed by atoms with van der Waals surface area (Å²) >= 11 is 0. The molecule has 150 valence electrons. The molecule has 0 radical (unpaired) electrons. The number of carbonyl (C=O) groups is 1. The summed E-state index contributed by atoms with van der Waals surface area (Å²) in [6.07, 6.45) is 1.58. The SMILES string of the molecule is CCN(CC)c1ccc(NC(=O)c2ccnc(Nc3ccc(C)c(C)c3)n2)cc1. The van der Waals surface area contributed by atoms with Crippen LogP contribution in [0.25, 0.3) is 0 Å². The number of nitrogens with zero attached hydrogens (tertiary/aromatic N) is 3. The Morgan fingerprint density at radius 3 is 2.28 bits per heavy atom. The zero-order valence-electron chi connectivity index (χ0n) is 17.4. The van der Waals surface area contributed by atoms with E-state index in [0.717, 1.165) is 30.2 Å². The van der Waals surface area contributed by atoms with Crippen LogP contribution in [0.4, 0.5) is 23.0 Å². The summed E-state index contributed by atoms with van der Waals surface area (Å²) < 4.78 is 0. The van der Waals surface area contributed by atoms with Crippen molar-refractivity contribution in [2.45, 2.75) is 27.7 Å². The van der Waals surface area contributed by atoms with E-state index in [1.807, 2.05) is 42.5 Å². The maximum atomic E-state index is 12.6. The van der Waals surface area contributed by atoms with Gasteiger partial charge in [0.15, 0.2) is 0 Å². The number of aromatic nitrogens is 2.